The highest BCUT2D eigenvalue weighted by molar-refractivity contribution is 5.71. The predicted molar refractivity (Wildman–Crippen MR) is 224 cm³/mol. The van der Waals surface area contributed by atoms with Crippen molar-refractivity contribution in [3.63, 3.8) is 0 Å². The van der Waals surface area contributed by atoms with Gasteiger partial charge >= 0.3 is 17.9 Å². The summed E-state index contributed by atoms with van der Waals surface area (Å²) >= 11 is 0. The van der Waals surface area contributed by atoms with Gasteiger partial charge in [0.1, 0.15) is 13.2 Å². The standard InChI is InChI=1S/C47H90O6/c1-5-8-10-12-14-15-23-27-31-35-39-46(49)52-42-44(41-51-45(48)38-34-30-25-13-11-9-6-2)53-47(50)40-36-32-28-24-21-19-17-16-18-20-22-26-29-33-37-43(4)7-3/h43-44H,5-42H2,1-4H3/t43?,44-/m1/s1. The van der Waals surface area contributed by atoms with Crippen LogP contribution >= 0.6 is 0 Å². The molecule has 0 aromatic heterocycles. The van der Waals surface area contributed by atoms with Gasteiger partial charge in [-0.2, -0.15) is 0 Å². The molecular formula is C47H90O6. The first-order chi connectivity index (χ1) is 25.9. The minimum atomic E-state index is -0.758. The lowest BCUT2D eigenvalue weighted by Crippen LogP contribution is -2.30. The summed E-state index contributed by atoms with van der Waals surface area (Å²) < 4.78 is 16.7. The SMILES string of the molecule is CCCCCCCCCCCCC(=O)OC[C@@H](COC(=O)CCCCCCCCC)OC(=O)CCCCCCCCCCCCCCCCC(C)CC. The van der Waals surface area contributed by atoms with Crippen LogP contribution in [0.25, 0.3) is 0 Å². The molecule has 6 nitrogen and oxygen atoms in total. The Morgan fingerprint density at radius 2 is 0.660 bits per heavy atom. The molecule has 0 radical (unpaired) electrons. The molecule has 0 saturated carbocycles. The van der Waals surface area contributed by atoms with E-state index >= 15 is 0 Å². The summed E-state index contributed by atoms with van der Waals surface area (Å²) in [5.74, 6) is 0.0346. The molecule has 1 unspecified atom stereocenters. The van der Waals surface area contributed by atoms with Gasteiger partial charge in [-0.3, -0.25) is 14.4 Å². The molecule has 0 N–H and O–H groups in total. The van der Waals surface area contributed by atoms with Crippen molar-refractivity contribution in [2.75, 3.05) is 13.2 Å². The number of rotatable bonds is 42. The lowest BCUT2D eigenvalue weighted by atomic mass is 9.99. The van der Waals surface area contributed by atoms with E-state index in [0.29, 0.717) is 19.3 Å². The molecule has 0 rings (SSSR count). The van der Waals surface area contributed by atoms with Gasteiger partial charge in [0.15, 0.2) is 6.10 Å². The Morgan fingerprint density at radius 3 is 0.981 bits per heavy atom. The minimum absolute atomic E-state index is 0.0641. The fourth-order valence-corrected chi connectivity index (χ4v) is 6.95. The summed E-state index contributed by atoms with van der Waals surface area (Å²) in [6, 6.07) is 0. The van der Waals surface area contributed by atoms with Gasteiger partial charge in [-0.25, -0.2) is 0 Å². The van der Waals surface area contributed by atoms with Crippen LogP contribution in [0, 0.1) is 5.92 Å². The van der Waals surface area contributed by atoms with Gasteiger partial charge in [0.05, 0.1) is 0 Å². The second-order valence-corrected chi connectivity index (χ2v) is 16.3. The van der Waals surface area contributed by atoms with Crippen LogP contribution in [0.4, 0.5) is 0 Å². The smallest absolute Gasteiger partial charge is 0.306 e. The van der Waals surface area contributed by atoms with Crippen LogP contribution in [0.1, 0.15) is 259 Å². The van der Waals surface area contributed by atoms with Gasteiger partial charge in [-0.05, 0) is 25.2 Å². The van der Waals surface area contributed by atoms with Crippen LogP contribution in [0.5, 0.6) is 0 Å². The van der Waals surface area contributed by atoms with Gasteiger partial charge < -0.3 is 14.2 Å². The van der Waals surface area contributed by atoms with Crippen LogP contribution in [0.15, 0.2) is 0 Å². The van der Waals surface area contributed by atoms with Crippen molar-refractivity contribution in [1.82, 2.24) is 0 Å². The maximum atomic E-state index is 12.7. The zero-order valence-electron chi connectivity index (χ0n) is 36.0. The fraction of sp³-hybridized carbons (Fsp3) is 0.936. The largest absolute Gasteiger partial charge is 0.462 e. The summed E-state index contributed by atoms with van der Waals surface area (Å²) in [7, 11) is 0. The molecule has 0 fully saturated rings. The Bertz CT molecular complexity index is 798. The molecule has 0 saturated heterocycles. The average molecular weight is 751 g/mol. The third-order valence-corrected chi connectivity index (χ3v) is 10.9. The van der Waals surface area contributed by atoms with Crippen molar-refractivity contribution >= 4 is 17.9 Å². The Labute approximate surface area is 329 Å². The molecule has 0 aromatic carbocycles. The summed E-state index contributed by atoms with van der Waals surface area (Å²) in [5, 5.41) is 0. The van der Waals surface area contributed by atoms with E-state index in [1.165, 1.54) is 154 Å². The van der Waals surface area contributed by atoms with Crippen molar-refractivity contribution in [2.45, 2.75) is 265 Å². The number of hydrogen-bond donors (Lipinski definition) is 0. The molecule has 2 atom stereocenters. The summed E-state index contributed by atoms with van der Waals surface area (Å²) in [6.07, 6.45) is 40.9. The van der Waals surface area contributed by atoms with Crippen molar-refractivity contribution in [2.24, 2.45) is 5.92 Å². The van der Waals surface area contributed by atoms with E-state index < -0.39 is 6.10 Å². The highest BCUT2D eigenvalue weighted by Crippen LogP contribution is 2.17. The normalized spacial score (nSPS) is 12.5. The van der Waals surface area contributed by atoms with E-state index in [4.69, 9.17) is 14.2 Å². The summed E-state index contributed by atoms with van der Waals surface area (Å²) in [4.78, 5) is 37.6. The van der Waals surface area contributed by atoms with Crippen LogP contribution in [-0.4, -0.2) is 37.2 Å². The van der Waals surface area contributed by atoms with Crippen LogP contribution < -0.4 is 0 Å². The lowest BCUT2D eigenvalue weighted by Gasteiger charge is -2.18. The van der Waals surface area contributed by atoms with E-state index in [0.717, 1.165) is 63.7 Å². The maximum absolute atomic E-state index is 12.7. The van der Waals surface area contributed by atoms with Crippen LogP contribution in [0.3, 0.4) is 0 Å². The predicted octanol–water partition coefficient (Wildman–Crippen LogP) is 14.7. The quantitative estimate of drug-likeness (QED) is 0.0351. The number of esters is 3. The molecule has 6 heteroatoms. The van der Waals surface area contributed by atoms with E-state index in [1.54, 1.807) is 0 Å². The molecule has 0 aliphatic carbocycles. The van der Waals surface area contributed by atoms with Crippen LogP contribution in [-0.2, 0) is 28.6 Å². The van der Waals surface area contributed by atoms with Gasteiger partial charge in [-0.1, -0.05) is 220 Å². The van der Waals surface area contributed by atoms with E-state index in [9.17, 15) is 14.4 Å². The lowest BCUT2D eigenvalue weighted by molar-refractivity contribution is -0.167. The molecular weight excluding hydrogens is 661 g/mol. The third kappa shape index (κ3) is 39.9. The first kappa shape index (κ1) is 51.4. The average Bonchev–Trinajstić information content (AvgIpc) is 3.15. The molecule has 0 aromatic rings. The Kier molecular flexibility index (Phi) is 40.3. The number of hydrogen-bond acceptors (Lipinski definition) is 6. The first-order valence-corrected chi connectivity index (χ1v) is 23.4. The van der Waals surface area contributed by atoms with Gasteiger partial charge in [0.25, 0.3) is 0 Å². The van der Waals surface area contributed by atoms with Gasteiger partial charge in [-0.15, -0.1) is 0 Å². The van der Waals surface area contributed by atoms with Crippen molar-refractivity contribution in [3.8, 4) is 0 Å². The van der Waals surface area contributed by atoms with Gasteiger partial charge in [0, 0.05) is 19.3 Å². The van der Waals surface area contributed by atoms with E-state index in [-0.39, 0.29) is 31.1 Å². The molecule has 0 amide bonds. The van der Waals surface area contributed by atoms with Crippen molar-refractivity contribution in [3.05, 3.63) is 0 Å². The third-order valence-electron chi connectivity index (χ3n) is 10.9. The van der Waals surface area contributed by atoms with Gasteiger partial charge in [0.2, 0.25) is 0 Å². The zero-order chi connectivity index (χ0) is 38.9. The number of carbonyl (C=O) groups is 3. The Hall–Kier alpha value is -1.59. The number of carbonyl (C=O) groups excluding carboxylic acids is 3. The minimum Gasteiger partial charge on any atom is -0.462 e. The number of unbranched alkanes of at least 4 members (excludes halogenated alkanes) is 28. The maximum Gasteiger partial charge on any atom is 0.306 e. The van der Waals surface area contributed by atoms with E-state index in [2.05, 4.69) is 27.7 Å². The highest BCUT2D eigenvalue weighted by atomic mass is 16.6. The van der Waals surface area contributed by atoms with E-state index in [1.807, 2.05) is 0 Å². The first-order valence-electron chi connectivity index (χ1n) is 23.4. The molecule has 314 valence electrons. The molecule has 0 aliphatic rings. The fourth-order valence-electron chi connectivity index (χ4n) is 6.95. The monoisotopic (exact) mass is 751 g/mol. The second kappa shape index (κ2) is 41.6. The Morgan fingerprint density at radius 1 is 0.377 bits per heavy atom. The second-order valence-electron chi connectivity index (χ2n) is 16.3. The van der Waals surface area contributed by atoms with Crippen LogP contribution in [0.2, 0.25) is 0 Å². The summed E-state index contributed by atoms with van der Waals surface area (Å²) in [6.45, 7) is 8.99. The highest BCUT2D eigenvalue weighted by Gasteiger charge is 2.19. The Balaban J connectivity index is 4.21. The molecule has 0 spiro atoms. The zero-order valence-corrected chi connectivity index (χ0v) is 36.0. The number of ether oxygens (including phenoxy) is 3. The molecule has 0 bridgehead atoms. The molecule has 0 heterocycles. The summed E-state index contributed by atoms with van der Waals surface area (Å²) in [5.41, 5.74) is 0. The van der Waals surface area contributed by atoms with Crippen molar-refractivity contribution < 1.29 is 28.6 Å². The topological polar surface area (TPSA) is 78.9 Å². The molecule has 0 aliphatic heterocycles. The van der Waals surface area contributed by atoms with Crippen molar-refractivity contribution in [1.29, 1.82) is 0 Å². The molecule has 53 heavy (non-hydrogen) atoms.